The van der Waals surface area contributed by atoms with Crippen molar-refractivity contribution in [2.45, 2.75) is 12.6 Å². The highest BCUT2D eigenvalue weighted by atomic mass is 35.5. The Morgan fingerprint density at radius 1 is 0.975 bits per heavy atom. The van der Waals surface area contributed by atoms with E-state index >= 15 is 0 Å². The van der Waals surface area contributed by atoms with Gasteiger partial charge in [0.2, 0.25) is 5.89 Å². The van der Waals surface area contributed by atoms with Crippen molar-refractivity contribution < 1.29 is 23.2 Å². The summed E-state index contributed by atoms with van der Waals surface area (Å²) in [6, 6.07) is 20.9. The Balaban J connectivity index is 0.966. The first-order valence-electron chi connectivity index (χ1n) is 13.1. The first-order valence-corrected chi connectivity index (χ1v) is 13.5. The second-order valence-electron chi connectivity index (χ2n) is 9.86. The molecule has 3 aromatic carbocycles. The zero-order valence-electron chi connectivity index (χ0n) is 21.7. The van der Waals surface area contributed by atoms with Crippen LogP contribution in [-0.2, 0) is 6.54 Å². The van der Waals surface area contributed by atoms with Gasteiger partial charge in [-0.25, -0.2) is 9.37 Å². The fourth-order valence-electron chi connectivity index (χ4n) is 4.82. The van der Waals surface area contributed by atoms with Gasteiger partial charge in [0.1, 0.15) is 35.5 Å². The number of hydrogen-bond acceptors (Lipinski definition) is 8. The molecule has 0 aliphatic carbocycles. The molecule has 1 fully saturated rings. The van der Waals surface area contributed by atoms with E-state index in [0.29, 0.717) is 46.4 Å². The van der Waals surface area contributed by atoms with Crippen molar-refractivity contribution in [1.82, 2.24) is 19.9 Å². The maximum atomic E-state index is 13.6. The topological polar surface area (TPSA) is 88.0 Å². The van der Waals surface area contributed by atoms with Crippen molar-refractivity contribution in [3.8, 4) is 28.5 Å². The summed E-state index contributed by atoms with van der Waals surface area (Å²) < 4.78 is 30.7. The van der Waals surface area contributed by atoms with Crippen molar-refractivity contribution in [2.24, 2.45) is 0 Å². The van der Waals surface area contributed by atoms with Crippen molar-refractivity contribution in [1.29, 1.82) is 0 Å². The molecule has 3 heterocycles. The lowest BCUT2D eigenvalue weighted by atomic mass is 10.1. The number of halogens is 2. The molecule has 206 valence electrons. The van der Waals surface area contributed by atoms with Gasteiger partial charge in [-0.2, -0.15) is 0 Å². The van der Waals surface area contributed by atoms with E-state index in [2.05, 4.69) is 19.9 Å². The normalized spacial score (nSPS) is 15.5. The summed E-state index contributed by atoms with van der Waals surface area (Å²) in [5, 5.41) is 15.4. The molecule has 0 saturated carbocycles. The minimum absolute atomic E-state index is 0.156. The Hall–Kier alpha value is -3.76. The molecule has 5 aromatic rings. The molecule has 1 aliphatic heterocycles. The van der Waals surface area contributed by atoms with Gasteiger partial charge in [0.05, 0.1) is 11.6 Å². The summed E-state index contributed by atoms with van der Waals surface area (Å²) in [6.45, 7) is 4.71. The molecular formula is C30H28ClFN4O4. The highest BCUT2D eigenvalue weighted by molar-refractivity contribution is 6.33. The number of piperazine rings is 1. The molecule has 0 amide bonds. The monoisotopic (exact) mass is 562 g/mol. The summed E-state index contributed by atoms with van der Waals surface area (Å²) in [6.07, 6.45) is -0.644. The molecule has 6 rings (SSSR count). The molecular weight excluding hydrogens is 535 g/mol. The van der Waals surface area contributed by atoms with Gasteiger partial charge in [-0.05, 0) is 36.4 Å². The lowest BCUT2D eigenvalue weighted by Crippen LogP contribution is -2.48. The molecule has 1 aliphatic rings. The second kappa shape index (κ2) is 11.8. The van der Waals surface area contributed by atoms with Gasteiger partial charge in [-0.3, -0.25) is 9.80 Å². The largest absolute Gasteiger partial charge is 0.491 e. The molecule has 1 saturated heterocycles. The number of aliphatic hydroxyl groups is 1. The number of benzene rings is 3. The van der Waals surface area contributed by atoms with Gasteiger partial charge in [0.25, 0.3) is 0 Å². The van der Waals surface area contributed by atoms with E-state index in [1.54, 1.807) is 30.3 Å². The number of fused-ring (bicyclic) bond motifs is 1. The van der Waals surface area contributed by atoms with Gasteiger partial charge in [0, 0.05) is 56.0 Å². The van der Waals surface area contributed by atoms with Crippen molar-refractivity contribution in [3.63, 3.8) is 0 Å². The van der Waals surface area contributed by atoms with Crippen LogP contribution in [0.3, 0.4) is 0 Å². The molecule has 2 aromatic heterocycles. The maximum Gasteiger partial charge on any atom is 0.227 e. The van der Waals surface area contributed by atoms with Gasteiger partial charge in [-0.15, -0.1) is 0 Å². The SMILES string of the molecule is O[C@H](COc1ccc2oc(-c3cccc(F)c3)nc2c1)CN1CCN(Cc2cc(-c3ccccc3Cl)no2)CC1. The number of hydrogen-bond donors (Lipinski definition) is 1. The van der Waals surface area contributed by atoms with Crippen LogP contribution in [0.1, 0.15) is 5.76 Å². The van der Waals surface area contributed by atoms with Gasteiger partial charge < -0.3 is 18.8 Å². The number of aromatic nitrogens is 2. The lowest BCUT2D eigenvalue weighted by molar-refractivity contribution is 0.0430. The lowest BCUT2D eigenvalue weighted by Gasteiger charge is -2.35. The first-order chi connectivity index (χ1) is 19.5. The summed E-state index contributed by atoms with van der Waals surface area (Å²) >= 11 is 6.28. The quantitative estimate of drug-likeness (QED) is 0.252. The van der Waals surface area contributed by atoms with E-state index < -0.39 is 6.10 Å². The zero-order valence-corrected chi connectivity index (χ0v) is 22.4. The Kier molecular flexibility index (Phi) is 7.79. The molecule has 1 atom stereocenters. The number of rotatable bonds is 9. The van der Waals surface area contributed by atoms with Crippen LogP contribution in [0.4, 0.5) is 4.39 Å². The molecule has 10 heteroatoms. The van der Waals surface area contributed by atoms with Gasteiger partial charge in [-0.1, -0.05) is 41.0 Å². The number of nitrogens with zero attached hydrogens (tertiary/aromatic N) is 4. The fraction of sp³-hybridized carbons (Fsp3) is 0.267. The average molecular weight is 563 g/mol. The Labute approximate surface area is 235 Å². The third-order valence-corrected chi connectivity index (χ3v) is 7.22. The fourth-order valence-corrected chi connectivity index (χ4v) is 5.05. The Bertz CT molecular complexity index is 1600. The molecule has 0 radical (unpaired) electrons. The summed E-state index contributed by atoms with van der Waals surface area (Å²) in [5.74, 6) is 1.37. The molecule has 0 bridgehead atoms. The van der Waals surface area contributed by atoms with E-state index in [-0.39, 0.29) is 12.4 Å². The number of oxazole rings is 1. The number of β-amino-alcohol motifs (C(OH)–C–C–N with tert-alkyl or cyclic N) is 1. The molecule has 1 N–H and O–H groups in total. The van der Waals surface area contributed by atoms with Crippen molar-refractivity contribution in [2.75, 3.05) is 39.3 Å². The van der Waals surface area contributed by atoms with E-state index in [9.17, 15) is 9.50 Å². The Morgan fingerprint density at radius 3 is 2.62 bits per heavy atom. The maximum absolute atomic E-state index is 13.6. The van der Waals surface area contributed by atoms with Crippen LogP contribution in [0.25, 0.3) is 33.8 Å². The smallest absolute Gasteiger partial charge is 0.227 e. The van der Waals surface area contributed by atoms with E-state index in [0.717, 1.165) is 43.2 Å². The van der Waals surface area contributed by atoms with Crippen molar-refractivity contribution in [3.05, 3.63) is 89.4 Å². The second-order valence-corrected chi connectivity index (χ2v) is 10.3. The minimum atomic E-state index is -0.644. The van der Waals surface area contributed by atoms with Crippen LogP contribution in [0.2, 0.25) is 5.02 Å². The van der Waals surface area contributed by atoms with Crippen LogP contribution in [-0.4, -0.2) is 70.5 Å². The molecule has 40 heavy (non-hydrogen) atoms. The number of ether oxygens (including phenoxy) is 1. The van der Waals surface area contributed by atoms with Crippen LogP contribution in [0, 0.1) is 5.82 Å². The van der Waals surface area contributed by atoms with Gasteiger partial charge in [0.15, 0.2) is 11.3 Å². The predicted octanol–water partition coefficient (Wildman–Crippen LogP) is 5.50. The van der Waals surface area contributed by atoms with E-state index in [1.807, 2.05) is 30.3 Å². The standard InChI is InChI=1S/C30H28ClFN4O4/c31-26-7-2-1-6-25(26)27-16-24(40-34-27)18-36-12-10-35(11-13-36)17-22(37)19-38-23-8-9-29-28(15-23)33-30(39-29)20-4-3-5-21(32)14-20/h1-9,14-16,22,37H,10-13,17-19H2/t22-/m0/s1. The summed E-state index contributed by atoms with van der Waals surface area (Å²) in [7, 11) is 0. The van der Waals surface area contributed by atoms with E-state index in [1.165, 1.54) is 12.1 Å². The van der Waals surface area contributed by atoms with E-state index in [4.69, 9.17) is 25.3 Å². The van der Waals surface area contributed by atoms with Crippen LogP contribution >= 0.6 is 11.6 Å². The van der Waals surface area contributed by atoms with Gasteiger partial charge >= 0.3 is 0 Å². The van der Waals surface area contributed by atoms with Crippen LogP contribution in [0.15, 0.2) is 81.7 Å². The summed E-state index contributed by atoms with van der Waals surface area (Å²) in [5.41, 5.74) is 3.34. The third kappa shape index (κ3) is 6.18. The highest BCUT2D eigenvalue weighted by Gasteiger charge is 2.21. The highest BCUT2D eigenvalue weighted by Crippen LogP contribution is 2.28. The van der Waals surface area contributed by atoms with Crippen LogP contribution < -0.4 is 4.74 Å². The average Bonchev–Trinajstić information content (AvgIpc) is 3.60. The third-order valence-electron chi connectivity index (χ3n) is 6.90. The Morgan fingerprint density at radius 2 is 1.80 bits per heavy atom. The molecule has 0 unspecified atom stereocenters. The minimum Gasteiger partial charge on any atom is -0.491 e. The zero-order chi connectivity index (χ0) is 27.5. The van der Waals surface area contributed by atoms with Crippen LogP contribution in [0.5, 0.6) is 5.75 Å². The van der Waals surface area contributed by atoms with Crippen molar-refractivity contribution >= 4 is 22.7 Å². The number of aliphatic hydroxyl groups excluding tert-OH is 1. The first kappa shape index (κ1) is 26.5. The molecule has 8 nitrogen and oxygen atoms in total. The molecule has 0 spiro atoms. The predicted molar refractivity (Wildman–Crippen MR) is 150 cm³/mol. The summed E-state index contributed by atoms with van der Waals surface area (Å²) in [4.78, 5) is 8.99.